The van der Waals surface area contributed by atoms with Gasteiger partial charge in [-0.05, 0) is 54.5 Å². The van der Waals surface area contributed by atoms with E-state index in [1.807, 2.05) is 68.7 Å². The third kappa shape index (κ3) is 4.41. The lowest BCUT2D eigenvalue weighted by Gasteiger charge is -2.13. The molecule has 1 N–H and O–H groups in total. The summed E-state index contributed by atoms with van der Waals surface area (Å²) >= 11 is 1.66. The van der Waals surface area contributed by atoms with Gasteiger partial charge in [-0.3, -0.25) is 9.36 Å². The van der Waals surface area contributed by atoms with Crippen LogP contribution in [0.1, 0.15) is 34.4 Å². The van der Waals surface area contributed by atoms with Crippen molar-refractivity contribution in [1.29, 1.82) is 0 Å². The molecule has 6 nitrogen and oxygen atoms in total. The molecule has 2 aromatic carbocycles. The Bertz CT molecular complexity index is 1350. The predicted molar refractivity (Wildman–Crippen MR) is 138 cm³/mol. The highest BCUT2D eigenvalue weighted by Gasteiger charge is 2.22. The van der Waals surface area contributed by atoms with Gasteiger partial charge in [-0.15, -0.1) is 11.3 Å². The van der Waals surface area contributed by atoms with Crippen LogP contribution in [0.2, 0.25) is 0 Å². The Morgan fingerprint density at radius 2 is 1.85 bits per heavy atom. The van der Waals surface area contributed by atoms with E-state index in [4.69, 9.17) is 4.98 Å². The van der Waals surface area contributed by atoms with Crippen molar-refractivity contribution < 1.29 is 0 Å². The molecule has 4 aromatic rings. The number of rotatable bonds is 6. The van der Waals surface area contributed by atoms with Crippen LogP contribution in [0.25, 0.3) is 10.2 Å². The fraction of sp³-hybridized carbons (Fsp3) is 0.269. The lowest BCUT2D eigenvalue weighted by atomic mass is 9.97. The minimum atomic E-state index is 0.0105. The number of aryl methyl sites for hydroxylation is 2. The molecule has 0 atom stereocenters. The molecule has 0 fully saturated rings. The van der Waals surface area contributed by atoms with Crippen LogP contribution in [0.3, 0.4) is 0 Å². The van der Waals surface area contributed by atoms with Gasteiger partial charge in [0.2, 0.25) is 5.95 Å². The first-order valence-electron chi connectivity index (χ1n) is 11.3. The monoisotopic (exact) mass is 457 g/mol. The normalized spacial score (nSPS) is 13.4. The highest BCUT2D eigenvalue weighted by Crippen LogP contribution is 2.34. The summed E-state index contributed by atoms with van der Waals surface area (Å²) in [6.07, 6.45) is 6.07. The van der Waals surface area contributed by atoms with Gasteiger partial charge in [-0.2, -0.15) is 5.10 Å². The molecule has 2 heterocycles. The zero-order valence-corrected chi connectivity index (χ0v) is 19.7. The topological polar surface area (TPSA) is 62.5 Å². The zero-order valence-electron chi connectivity index (χ0n) is 18.9. The fourth-order valence-corrected chi connectivity index (χ4v) is 5.51. The van der Waals surface area contributed by atoms with Crippen molar-refractivity contribution in [2.24, 2.45) is 5.10 Å². The average Bonchev–Trinajstić information content (AvgIpc) is 3.21. The minimum Gasteiger partial charge on any atom is -0.378 e. The molecule has 0 aliphatic heterocycles. The molecule has 168 valence electrons. The molecule has 0 saturated carbocycles. The molecule has 0 radical (unpaired) electrons. The van der Waals surface area contributed by atoms with Gasteiger partial charge >= 0.3 is 0 Å². The summed E-state index contributed by atoms with van der Waals surface area (Å²) in [6, 6.07) is 18.1. The van der Waals surface area contributed by atoms with E-state index in [9.17, 15) is 4.79 Å². The average molecular weight is 458 g/mol. The first-order chi connectivity index (χ1) is 16.1. The van der Waals surface area contributed by atoms with E-state index in [0.717, 1.165) is 46.3 Å². The zero-order chi connectivity index (χ0) is 22.8. The van der Waals surface area contributed by atoms with Crippen molar-refractivity contribution >= 4 is 39.4 Å². The summed E-state index contributed by atoms with van der Waals surface area (Å²) in [4.78, 5) is 22.7. The van der Waals surface area contributed by atoms with Gasteiger partial charge in [-0.25, -0.2) is 10.4 Å². The summed E-state index contributed by atoms with van der Waals surface area (Å²) in [5.74, 6) is 0.469. The molecular formula is C26H27N5OS. The van der Waals surface area contributed by atoms with Gasteiger partial charge in [0.25, 0.3) is 5.56 Å². The van der Waals surface area contributed by atoms with Gasteiger partial charge in [0.15, 0.2) is 0 Å². The summed E-state index contributed by atoms with van der Waals surface area (Å²) in [7, 11) is 4.03. The molecule has 0 spiro atoms. The number of hydrogen-bond acceptors (Lipinski definition) is 6. The van der Waals surface area contributed by atoms with Gasteiger partial charge in [0.05, 0.1) is 18.1 Å². The van der Waals surface area contributed by atoms with Crippen molar-refractivity contribution in [3.8, 4) is 0 Å². The Balaban J connectivity index is 1.52. The minimum absolute atomic E-state index is 0.0105. The van der Waals surface area contributed by atoms with Crippen LogP contribution >= 0.6 is 11.3 Å². The number of nitrogens with one attached hydrogen (secondary N) is 1. The van der Waals surface area contributed by atoms with E-state index in [2.05, 4.69) is 15.4 Å². The standard InChI is InChI=1S/C26H27N5OS/c1-30(2)20-14-12-18(13-15-20)16-27-29-26-28-24-23(21-10-6-7-11-22(21)33-24)25(32)31(26)17-19-8-4-3-5-9-19/h3-5,8-9,12-16H,6-7,10-11,17H2,1-2H3,(H,28,29). The third-order valence-electron chi connectivity index (χ3n) is 6.05. The number of aromatic nitrogens is 2. The smallest absolute Gasteiger partial charge is 0.264 e. The molecule has 1 aliphatic carbocycles. The lowest BCUT2D eigenvalue weighted by Crippen LogP contribution is -2.25. The molecule has 33 heavy (non-hydrogen) atoms. The van der Waals surface area contributed by atoms with Crippen LogP contribution in [-0.4, -0.2) is 29.9 Å². The number of anilines is 2. The van der Waals surface area contributed by atoms with Crippen molar-refractivity contribution in [1.82, 2.24) is 9.55 Å². The van der Waals surface area contributed by atoms with E-state index in [0.29, 0.717) is 12.5 Å². The molecular weight excluding hydrogens is 430 g/mol. The molecule has 7 heteroatoms. The number of hydrazone groups is 1. The van der Waals surface area contributed by atoms with Crippen LogP contribution in [-0.2, 0) is 19.4 Å². The molecule has 5 rings (SSSR count). The largest absolute Gasteiger partial charge is 0.378 e. The lowest BCUT2D eigenvalue weighted by molar-refractivity contribution is 0.698. The van der Waals surface area contributed by atoms with Gasteiger partial charge < -0.3 is 4.90 Å². The summed E-state index contributed by atoms with van der Waals surface area (Å²) in [5, 5.41) is 5.20. The van der Waals surface area contributed by atoms with Crippen LogP contribution in [0.5, 0.6) is 0 Å². The second-order valence-corrected chi connectivity index (χ2v) is 9.64. The Morgan fingerprint density at radius 1 is 1.09 bits per heavy atom. The first kappa shape index (κ1) is 21.4. The van der Waals surface area contributed by atoms with Gasteiger partial charge in [-0.1, -0.05) is 42.5 Å². The van der Waals surface area contributed by atoms with E-state index in [-0.39, 0.29) is 5.56 Å². The maximum Gasteiger partial charge on any atom is 0.264 e. The molecule has 0 amide bonds. The summed E-state index contributed by atoms with van der Waals surface area (Å²) in [6.45, 7) is 0.447. The number of benzene rings is 2. The second-order valence-electron chi connectivity index (χ2n) is 8.56. The number of nitrogens with zero attached hydrogens (tertiary/aromatic N) is 4. The van der Waals surface area contributed by atoms with Crippen molar-refractivity contribution in [2.45, 2.75) is 32.2 Å². The van der Waals surface area contributed by atoms with Crippen molar-refractivity contribution in [3.63, 3.8) is 0 Å². The number of hydrogen-bond donors (Lipinski definition) is 1. The van der Waals surface area contributed by atoms with Crippen LogP contribution in [0.4, 0.5) is 11.6 Å². The highest BCUT2D eigenvalue weighted by molar-refractivity contribution is 7.18. The Hall–Kier alpha value is -3.45. The van der Waals surface area contributed by atoms with E-state index >= 15 is 0 Å². The van der Waals surface area contributed by atoms with Gasteiger partial charge in [0, 0.05) is 24.7 Å². The van der Waals surface area contributed by atoms with Crippen LogP contribution in [0.15, 0.2) is 64.5 Å². The fourth-order valence-electron chi connectivity index (χ4n) is 4.26. The number of fused-ring (bicyclic) bond motifs is 3. The Labute approximate surface area is 197 Å². The first-order valence-corrected chi connectivity index (χ1v) is 12.1. The van der Waals surface area contributed by atoms with Crippen molar-refractivity contribution in [3.05, 3.63) is 86.5 Å². The molecule has 0 bridgehead atoms. The van der Waals surface area contributed by atoms with E-state index < -0.39 is 0 Å². The SMILES string of the molecule is CN(C)c1ccc(C=NNc2nc3sc4c(c3c(=O)n2Cc2ccccc2)CCCC4)cc1. The molecule has 1 aliphatic rings. The Kier molecular flexibility index (Phi) is 5.96. The predicted octanol–water partition coefficient (Wildman–Crippen LogP) is 4.90. The molecule has 2 aromatic heterocycles. The maximum absolute atomic E-state index is 13.7. The summed E-state index contributed by atoms with van der Waals surface area (Å²) in [5.41, 5.74) is 7.42. The quantitative estimate of drug-likeness (QED) is 0.331. The van der Waals surface area contributed by atoms with Gasteiger partial charge in [0.1, 0.15) is 4.83 Å². The highest BCUT2D eigenvalue weighted by atomic mass is 32.1. The second kappa shape index (κ2) is 9.19. The maximum atomic E-state index is 13.7. The Morgan fingerprint density at radius 3 is 2.61 bits per heavy atom. The number of thiophene rings is 1. The van der Waals surface area contributed by atoms with Crippen LogP contribution in [0, 0.1) is 0 Å². The van der Waals surface area contributed by atoms with E-state index in [1.54, 1.807) is 22.1 Å². The van der Waals surface area contributed by atoms with E-state index in [1.165, 1.54) is 16.9 Å². The molecule has 0 saturated heterocycles. The third-order valence-corrected chi connectivity index (χ3v) is 7.23. The van der Waals surface area contributed by atoms with Crippen LogP contribution < -0.4 is 15.9 Å². The molecule has 0 unspecified atom stereocenters. The van der Waals surface area contributed by atoms with Crippen molar-refractivity contribution in [2.75, 3.05) is 24.4 Å². The summed E-state index contributed by atoms with van der Waals surface area (Å²) < 4.78 is 1.71.